The third kappa shape index (κ3) is 2.83. The average Bonchev–Trinajstić information content (AvgIpc) is 2.45. The average molecular weight is 322 g/mol. The number of aromatic carboxylic acids is 2. The van der Waals surface area contributed by atoms with Crippen molar-refractivity contribution >= 4 is 22.1 Å². The van der Waals surface area contributed by atoms with E-state index in [1.54, 1.807) is 30.3 Å². The Hall–Kier alpha value is -2.71. The molecule has 114 valence electrons. The summed E-state index contributed by atoms with van der Waals surface area (Å²) in [6.45, 7) is 0. The van der Waals surface area contributed by atoms with Crippen molar-refractivity contribution in [3.8, 4) is 11.1 Å². The SMILES string of the molecule is O=C(O)c1c(-c2ccccc2)ccc(S(=O)(=O)O)c1C(=O)O. The molecule has 3 N–H and O–H groups in total. The Balaban J connectivity index is 2.93. The molecule has 0 aliphatic carbocycles. The number of rotatable bonds is 4. The molecule has 0 fully saturated rings. The van der Waals surface area contributed by atoms with E-state index in [0.717, 1.165) is 12.1 Å². The molecular weight excluding hydrogens is 312 g/mol. The normalized spacial score (nSPS) is 11.1. The van der Waals surface area contributed by atoms with Gasteiger partial charge in [-0.1, -0.05) is 36.4 Å². The maximum Gasteiger partial charge on any atom is 0.338 e. The van der Waals surface area contributed by atoms with Crippen LogP contribution in [0.15, 0.2) is 47.4 Å². The molecule has 0 radical (unpaired) electrons. The van der Waals surface area contributed by atoms with Crippen molar-refractivity contribution in [2.75, 3.05) is 0 Å². The van der Waals surface area contributed by atoms with Gasteiger partial charge in [0.25, 0.3) is 10.1 Å². The highest BCUT2D eigenvalue weighted by Crippen LogP contribution is 2.30. The number of carbonyl (C=O) groups is 2. The van der Waals surface area contributed by atoms with E-state index in [9.17, 15) is 28.2 Å². The summed E-state index contributed by atoms with van der Waals surface area (Å²) in [5.41, 5.74) is -1.23. The Bertz CT molecular complexity index is 854. The van der Waals surface area contributed by atoms with Gasteiger partial charge in [0.1, 0.15) is 4.90 Å². The van der Waals surface area contributed by atoms with Crippen LogP contribution in [0.5, 0.6) is 0 Å². The predicted molar refractivity (Wildman–Crippen MR) is 75.6 cm³/mol. The van der Waals surface area contributed by atoms with Crippen LogP contribution < -0.4 is 0 Å². The second-order valence-corrected chi connectivity index (χ2v) is 5.70. The molecule has 22 heavy (non-hydrogen) atoms. The van der Waals surface area contributed by atoms with Crippen LogP contribution in [0.4, 0.5) is 0 Å². The molecule has 7 nitrogen and oxygen atoms in total. The zero-order valence-electron chi connectivity index (χ0n) is 10.9. The predicted octanol–water partition coefficient (Wildman–Crippen LogP) is 2.00. The van der Waals surface area contributed by atoms with Gasteiger partial charge in [0.05, 0.1) is 11.1 Å². The van der Waals surface area contributed by atoms with E-state index in [1.807, 2.05) is 0 Å². The standard InChI is InChI=1S/C14H10O7S/c15-13(16)11-9(8-4-2-1-3-5-8)6-7-10(22(19,20)21)12(11)14(17)18/h1-7H,(H,15,16)(H,17,18)(H,19,20,21). The van der Waals surface area contributed by atoms with Crippen LogP contribution >= 0.6 is 0 Å². The summed E-state index contributed by atoms with van der Waals surface area (Å²) >= 11 is 0. The van der Waals surface area contributed by atoms with Gasteiger partial charge in [0.15, 0.2) is 0 Å². The van der Waals surface area contributed by atoms with E-state index in [1.165, 1.54) is 0 Å². The van der Waals surface area contributed by atoms with Crippen LogP contribution in [0.25, 0.3) is 11.1 Å². The third-order valence-electron chi connectivity index (χ3n) is 2.96. The Morgan fingerprint density at radius 3 is 1.82 bits per heavy atom. The zero-order valence-corrected chi connectivity index (χ0v) is 11.7. The maximum atomic E-state index is 11.5. The smallest absolute Gasteiger partial charge is 0.338 e. The minimum Gasteiger partial charge on any atom is -0.478 e. The van der Waals surface area contributed by atoms with Crippen molar-refractivity contribution in [1.29, 1.82) is 0 Å². The highest BCUT2D eigenvalue weighted by Gasteiger charge is 2.29. The Morgan fingerprint density at radius 2 is 1.36 bits per heavy atom. The van der Waals surface area contributed by atoms with Gasteiger partial charge in [-0.25, -0.2) is 9.59 Å². The van der Waals surface area contributed by atoms with E-state index in [4.69, 9.17) is 4.55 Å². The number of hydrogen-bond donors (Lipinski definition) is 3. The molecule has 0 bridgehead atoms. The summed E-state index contributed by atoms with van der Waals surface area (Å²) < 4.78 is 31.7. The topological polar surface area (TPSA) is 129 Å². The van der Waals surface area contributed by atoms with Crippen molar-refractivity contribution in [3.05, 3.63) is 53.6 Å². The van der Waals surface area contributed by atoms with Gasteiger partial charge >= 0.3 is 11.9 Å². The molecule has 0 unspecified atom stereocenters. The van der Waals surface area contributed by atoms with Gasteiger partial charge in [-0.05, 0) is 17.2 Å². The summed E-state index contributed by atoms with van der Waals surface area (Å²) in [5, 5.41) is 18.5. The molecule has 2 aromatic carbocycles. The zero-order chi connectivity index (χ0) is 16.5. The first-order valence-electron chi connectivity index (χ1n) is 5.90. The quantitative estimate of drug-likeness (QED) is 0.734. The first-order chi connectivity index (χ1) is 10.2. The molecule has 0 aliphatic rings. The molecule has 2 rings (SSSR count). The number of carboxylic acids is 2. The van der Waals surface area contributed by atoms with Crippen molar-refractivity contribution in [1.82, 2.24) is 0 Å². The summed E-state index contributed by atoms with van der Waals surface area (Å²) in [6, 6.07) is 10.1. The van der Waals surface area contributed by atoms with Crippen molar-refractivity contribution in [2.45, 2.75) is 4.90 Å². The summed E-state index contributed by atoms with van der Waals surface area (Å²) in [7, 11) is -4.88. The Labute approximate surface area is 125 Å². The minimum absolute atomic E-state index is 0.0397. The van der Waals surface area contributed by atoms with Crippen LogP contribution in [0.3, 0.4) is 0 Å². The van der Waals surface area contributed by atoms with Crippen LogP contribution in [0.1, 0.15) is 20.7 Å². The lowest BCUT2D eigenvalue weighted by molar-refractivity contribution is 0.0648. The van der Waals surface area contributed by atoms with E-state index >= 15 is 0 Å². The van der Waals surface area contributed by atoms with Crippen molar-refractivity contribution < 1.29 is 32.8 Å². The lowest BCUT2D eigenvalue weighted by atomic mass is 9.95. The maximum absolute atomic E-state index is 11.5. The highest BCUT2D eigenvalue weighted by molar-refractivity contribution is 7.86. The fourth-order valence-electron chi connectivity index (χ4n) is 2.09. The molecule has 0 aromatic heterocycles. The van der Waals surface area contributed by atoms with Crippen LogP contribution in [-0.4, -0.2) is 35.1 Å². The van der Waals surface area contributed by atoms with Gasteiger partial charge in [0, 0.05) is 0 Å². The Morgan fingerprint density at radius 1 is 0.818 bits per heavy atom. The van der Waals surface area contributed by atoms with Crippen LogP contribution in [0.2, 0.25) is 0 Å². The second kappa shape index (κ2) is 5.58. The Kier molecular flexibility index (Phi) is 3.98. The van der Waals surface area contributed by atoms with Crippen LogP contribution in [-0.2, 0) is 10.1 Å². The summed E-state index contributed by atoms with van der Waals surface area (Å²) in [4.78, 5) is 21.8. The molecule has 2 aromatic rings. The fourth-order valence-corrected chi connectivity index (χ4v) is 2.78. The fraction of sp³-hybridized carbons (Fsp3) is 0. The van der Waals surface area contributed by atoms with E-state index in [-0.39, 0.29) is 5.56 Å². The van der Waals surface area contributed by atoms with Gasteiger partial charge in [-0.15, -0.1) is 0 Å². The van der Waals surface area contributed by atoms with E-state index in [2.05, 4.69) is 0 Å². The highest BCUT2D eigenvalue weighted by atomic mass is 32.2. The minimum atomic E-state index is -4.88. The molecule has 8 heteroatoms. The van der Waals surface area contributed by atoms with Gasteiger partial charge in [-0.3, -0.25) is 4.55 Å². The molecular formula is C14H10O7S. The summed E-state index contributed by atoms with van der Waals surface area (Å²) in [6.07, 6.45) is 0. The monoisotopic (exact) mass is 322 g/mol. The third-order valence-corrected chi connectivity index (χ3v) is 3.85. The molecule has 0 spiro atoms. The van der Waals surface area contributed by atoms with Crippen molar-refractivity contribution in [2.24, 2.45) is 0 Å². The molecule has 0 saturated heterocycles. The molecule has 0 amide bonds. The number of carboxylic acid groups (broad SMARTS) is 2. The number of hydrogen-bond acceptors (Lipinski definition) is 4. The number of benzene rings is 2. The van der Waals surface area contributed by atoms with E-state index < -0.39 is 38.1 Å². The van der Waals surface area contributed by atoms with Gasteiger partial charge in [-0.2, -0.15) is 8.42 Å². The van der Waals surface area contributed by atoms with Gasteiger partial charge in [0.2, 0.25) is 0 Å². The lowest BCUT2D eigenvalue weighted by Gasteiger charge is -2.12. The molecule has 0 saturated carbocycles. The second-order valence-electron chi connectivity index (χ2n) is 4.31. The largest absolute Gasteiger partial charge is 0.478 e. The van der Waals surface area contributed by atoms with Crippen molar-refractivity contribution in [3.63, 3.8) is 0 Å². The lowest BCUT2D eigenvalue weighted by Crippen LogP contribution is -2.15. The molecule has 0 heterocycles. The first-order valence-corrected chi connectivity index (χ1v) is 7.34. The molecule has 0 atom stereocenters. The van der Waals surface area contributed by atoms with E-state index in [0.29, 0.717) is 5.56 Å². The molecule has 0 aliphatic heterocycles. The van der Waals surface area contributed by atoms with Gasteiger partial charge < -0.3 is 10.2 Å². The first kappa shape index (κ1) is 15.7. The summed E-state index contributed by atoms with van der Waals surface area (Å²) in [5.74, 6) is -3.37. The van der Waals surface area contributed by atoms with Crippen LogP contribution in [0, 0.1) is 0 Å².